The SMILES string of the molecule is C[C@H](Cn1ccnc1)NC(=O)c1ccnc(N(C)C)c1. The van der Waals surface area contributed by atoms with Gasteiger partial charge in [-0.05, 0) is 19.1 Å². The number of rotatable bonds is 5. The van der Waals surface area contributed by atoms with Crippen LogP contribution in [0.15, 0.2) is 37.1 Å². The second kappa shape index (κ2) is 6.18. The number of hydrogen-bond acceptors (Lipinski definition) is 4. The number of pyridine rings is 1. The average Bonchev–Trinajstić information content (AvgIpc) is 2.91. The quantitative estimate of drug-likeness (QED) is 0.888. The van der Waals surface area contributed by atoms with Crippen LogP contribution in [0.4, 0.5) is 5.82 Å². The van der Waals surface area contributed by atoms with Crippen LogP contribution in [0.3, 0.4) is 0 Å². The van der Waals surface area contributed by atoms with Gasteiger partial charge in [0.05, 0.1) is 6.33 Å². The van der Waals surface area contributed by atoms with Crippen LogP contribution in [0.1, 0.15) is 17.3 Å². The Hall–Kier alpha value is -2.37. The highest BCUT2D eigenvalue weighted by Gasteiger charge is 2.11. The van der Waals surface area contributed by atoms with Crippen LogP contribution >= 0.6 is 0 Å². The Balaban J connectivity index is 1.99. The van der Waals surface area contributed by atoms with E-state index < -0.39 is 0 Å². The monoisotopic (exact) mass is 273 g/mol. The third kappa shape index (κ3) is 3.57. The lowest BCUT2D eigenvalue weighted by Crippen LogP contribution is -2.35. The van der Waals surface area contributed by atoms with Crippen LogP contribution in [0.25, 0.3) is 0 Å². The van der Waals surface area contributed by atoms with Crippen molar-refractivity contribution in [3.8, 4) is 0 Å². The van der Waals surface area contributed by atoms with Crippen molar-refractivity contribution in [1.82, 2.24) is 19.9 Å². The number of nitrogens with one attached hydrogen (secondary N) is 1. The van der Waals surface area contributed by atoms with E-state index in [-0.39, 0.29) is 11.9 Å². The number of carbonyl (C=O) groups excluding carboxylic acids is 1. The minimum Gasteiger partial charge on any atom is -0.363 e. The van der Waals surface area contributed by atoms with E-state index in [1.54, 1.807) is 30.9 Å². The van der Waals surface area contributed by atoms with Crippen LogP contribution in [0, 0.1) is 0 Å². The summed E-state index contributed by atoms with van der Waals surface area (Å²) >= 11 is 0. The Morgan fingerprint density at radius 2 is 2.25 bits per heavy atom. The highest BCUT2D eigenvalue weighted by atomic mass is 16.1. The van der Waals surface area contributed by atoms with Crippen LogP contribution in [-0.2, 0) is 6.54 Å². The maximum Gasteiger partial charge on any atom is 0.251 e. The highest BCUT2D eigenvalue weighted by Crippen LogP contribution is 2.09. The molecule has 2 heterocycles. The van der Waals surface area contributed by atoms with Gasteiger partial charge in [0.2, 0.25) is 0 Å². The minimum absolute atomic E-state index is 0.0210. The van der Waals surface area contributed by atoms with Crippen molar-refractivity contribution in [3.63, 3.8) is 0 Å². The van der Waals surface area contributed by atoms with Gasteiger partial charge in [-0.2, -0.15) is 0 Å². The molecule has 0 unspecified atom stereocenters. The Morgan fingerprint density at radius 1 is 1.45 bits per heavy atom. The zero-order chi connectivity index (χ0) is 14.5. The van der Waals surface area contributed by atoms with E-state index in [1.165, 1.54) is 0 Å². The molecule has 6 heteroatoms. The Labute approximate surface area is 118 Å². The summed E-state index contributed by atoms with van der Waals surface area (Å²) in [6.45, 7) is 2.66. The van der Waals surface area contributed by atoms with Crippen LogP contribution in [0.2, 0.25) is 0 Å². The van der Waals surface area contributed by atoms with E-state index in [0.29, 0.717) is 12.1 Å². The summed E-state index contributed by atoms with van der Waals surface area (Å²) in [5.41, 5.74) is 0.612. The van der Waals surface area contributed by atoms with Gasteiger partial charge in [-0.1, -0.05) is 0 Å². The molecule has 0 bridgehead atoms. The zero-order valence-corrected chi connectivity index (χ0v) is 11.9. The number of nitrogens with zero attached hydrogens (tertiary/aromatic N) is 4. The molecule has 6 nitrogen and oxygen atoms in total. The second-order valence-corrected chi connectivity index (χ2v) is 4.93. The minimum atomic E-state index is -0.0943. The standard InChI is InChI=1S/C14H19N5O/c1-11(9-19-7-6-15-10-19)17-14(20)12-4-5-16-13(8-12)18(2)3/h4-8,10-11H,9H2,1-3H3,(H,17,20)/t11-/m1/s1. The first-order valence-corrected chi connectivity index (χ1v) is 6.46. The topological polar surface area (TPSA) is 63.1 Å². The normalized spacial score (nSPS) is 11.9. The summed E-state index contributed by atoms with van der Waals surface area (Å²) in [6.07, 6.45) is 6.98. The summed E-state index contributed by atoms with van der Waals surface area (Å²) in [4.78, 5) is 22.2. The molecule has 0 saturated heterocycles. The van der Waals surface area contributed by atoms with E-state index in [9.17, 15) is 4.79 Å². The van der Waals surface area contributed by atoms with Crippen molar-refractivity contribution in [2.24, 2.45) is 0 Å². The summed E-state index contributed by atoms with van der Waals surface area (Å²) in [5.74, 6) is 0.669. The summed E-state index contributed by atoms with van der Waals surface area (Å²) in [5, 5.41) is 2.97. The first-order valence-electron chi connectivity index (χ1n) is 6.46. The fourth-order valence-electron chi connectivity index (χ4n) is 1.87. The molecule has 0 aliphatic rings. The summed E-state index contributed by atoms with van der Waals surface area (Å²) in [6, 6.07) is 3.51. The lowest BCUT2D eigenvalue weighted by atomic mass is 10.2. The molecule has 0 saturated carbocycles. The van der Waals surface area contributed by atoms with Gasteiger partial charge in [-0.25, -0.2) is 9.97 Å². The average molecular weight is 273 g/mol. The largest absolute Gasteiger partial charge is 0.363 e. The Bertz CT molecular complexity index is 565. The maximum absolute atomic E-state index is 12.2. The maximum atomic E-state index is 12.2. The van der Waals surface area contributed by atoms with E-state index >= 15 is 0 Å². The van der Waals surface area contributed by atoms with Gasteiger partial charge in [0.25, 0.3) is 5.91 Å². The molecule has 20 heavy (non-hydrogen) atoms. The number of anilines is 1. The molecule has 1 atom stereocenters. The number of aromatic nitrogens is 3. The van der Waals surface area contributed by atoms with Gasteiger partial charge in [0, 0.05) is 50.8 Å². The fraction of sp³-hybridized carbons (Fsp3) is 0.357. The van der Waals surface area contributed by atoms with Crippen molar-refractivity contribution in [3.05, 3.63) is 42.6 Å². The van der Waals surface area contributed by atoms with Crippen molar-refractivity contribution < 1.29 is 4.79 Å². The molecule has 0 spiro atoms. The molecular formula is C14H19N5O. The number of hydrogen-bond donors (Lipinski definition) is 1. The second-order valence-electron chi connectivity index (χ2n) is 4.93. The molecule has 2 rings (SSSR count). The van der Waals surface area contributed by atoms with E-state index in [1.807, 2.05) is 36.7 Å². The van der Waals surface area contributed by atoms with Gasteiger partial charge >= 0.3 is 0 Å². The summed E-state index contributed by atoms with van der Waals surface area (Å²) in [7, 11) is 3.79. The third-order valence-corrected chi connectivity index (χ3v) is 2.89. The molecule has 1 amide bonds. The van der Waals surface area contributed by atoms with Gasteiger partial charge in [-0.3, -0.25) is 4.79 Å². The van der Waals surface area contributed by atoms with Crippen LogP contribution in [0.5, 0.6) is 0 Å². The smallest absolute Gasteiger partial charge is 0.251 e. The molecule has 1 N–H and O–H groups in total. The first-order chi connectivity index (χ1) is 9.56. The highest BCUT2D eigenvalue weighted by molar-refractivity contribution is 5.94. The Kier molecular flexibility index (Phi) is 4.34. The number of imidazole rings is 1. The van der Waals surface area contributed by atoms with Gasteiger partial charge in [-0.15, -0.1) is 0 Å². The van der Waals surface area contributed by atoms with Crippen molar-refractivity contribution in [2.75, 3.05) is 19.0 Å². The van der Waals surface area contributed by atoms with Gasteiger partial charge in [0.15, 0.2) is 0 Å². The molecule has 0 fully saturated rings. The van der Waals surface area contributed by atoms with Crippen LogP contribution in [-0.4, -0.2) is 40.6 Å². The molecule has 0 aliphatic heterocycles. The summed E-state index contributed by atoms with van der Waals surface area (Å²) < 4.78 is 1.93. The van der Waals surface area contributed by atoms with E-state index in [2.05, 4.69) is 15.3 Å². The molecule has 2 aromatic heterocycles. The van der Waals surface area contributed by atoms with E-state index in [4.69, 9.17) is 0 Å². The first kappa shape index (κ1) is 14.0. The lowest BCUT2D eigenvalue weighted by Gasteiger charge is -2.16. The third-order valence-electron chi connectivity index (χ3n) is 2.89. The fourth-order valence-corrected chi connectivity index (χ4v) is 1.87. The predicted molar refractivity (Wildman–Crippen MR) is 77.7 cm³/mol. The molecule has 0 radical (unpaired) electrons. The van der Waals surface area contributed by atoms with Gasteiger partial charge in [0.1, 0.15) is 5.82 Å². The van der Waals surface area contributed by atoms with Crippen molar-refractivity contribution in [2.45, 2.75) is 19.5 Å². The zero-order valence-electron chi connectivity index (χ0n) is 11.9. The Morgan fingerprint density at radius 3 is 2.90 bits per heavy atom. The van der Waals surface area contributed by atoms with Crippen molar-refractivity contribution >= 4 is 11.7 Å². The van der Waals surface area contributed by atoms with E-state index in [0.717, 1.165) is 5.82 Å². The van der Waals surface area contributed by atoms with Gasteiger partial charge < -0.3 is 14.8 Å². The number of amides is 1. The molecule has 0 aliphatic carbocycles. The van der Waals surface area contributed by atoms with Crippen molar-refractivity contribution in [1.29, 1.82) is 0 Å². The number of carbonyl (C=O) groups is 1. The molecule has 0 aromatic carbocycles. The predicted octanol–water partition coefficient (Wildman–Crippen LogP) is 1.16. The van der Waals surface area contributed by atoms with Crippen LogP contribution < -0.4 is 10.2 Å². The molecule has 106 valence electrons. The molecular weight excluding hydrogens is 254 g/mol. The lowest BCUT2D eigenvalue weighted by molar-refractivity contribution is 0.0936. The molecule has 2 aromatic rings.